The third-order valence-corrected chi connectivity index (χ3v) is 1.98. The second-order valence-electron chi connectivity index (χ2n) is 2.35. The fourth-order valence-corrected chi connectivity index (χ4v) is 1.34. The number of carbonyl (C=O) groups excluding carboxylic acids is 1. The maximum Gasteiger partial charge on any atom is 0.166 e. The van der Waals surface area contributed by atoms with Crippen molar-refractivity contribution in [3.8, 4) is 0 Å². The molecule has 0 unspecified atom stereocenters. The second-order valence-corrected chi connectivity index (χ2v) is 2.71. The van der Waals surface area contributed by atoms with Gasteiger partial charge in [0.05, 0.1) is 11.2 Å². The van der Waals surface area contributed by atoms with Gasteiger partial charge in [-0.2, -0.15) is 0 Å². The van der Waals surface area contributed by atoms with Crippen LogP contribution in [0.15, 0.2) is 24.5 Å². The van der Waals surface area contributed by atoms with Gasteiger partial charge in [-0.3, -0.25) is 4.79 Å². The lowest BCUT2D eigenvalue weighted by atomic mass is 10.5. The van der Waals surface area contributed by atoms with Gasteiger partial charge < -0.3 is 4.40 Å². The highest BCUT2D eigenvalue weighted by molar-refractivity contribution is 6.32. The van der Waals surface area contributed by atoms with Crippen LogP contribution in [0.2, 0.25) is 5.15 Å². The monoisotopic (exact) mass is 180 g/mol. The van der Waals surface area contributed by atoms with Gasteiger partial charge in [0.25, 0.3) is 0 Å². The first-order valence-corrected chi connectivity index (χ1v) is 3.77. The molecule has 60 valence electrons. The van der Waals surface area contributed by atoms with E-state index in [-0.39, 0.29) is 0 Å². The van der Waals surface area contributed by atoms with E-state index in [1.54, 1.807) is 28.9 Å². The Morgan fingerprint density at radius 3 is 3.08 bits per heavy atom. The van der Waals surface area contributed by atoms with E-state index in [1.165, 1.54) is 0 Å². The summed E-state index contributed by atoms with van der Waals surface area (Å²) >= 11 is 5.78. The average Bonchev–Trinajstić information content (AvgIpc) is 2.49. The molecule has 0 N–H and O–H groups in total. The van der Waals surface area contributed by atoms with E-state index >= 15 is 0 Å². The first kappa shape index (κ1) is 7.31. The van der Waals surface area contributed by atoms with Gasteiger partial charge in [-0.25, -0.2) is 4.98 Å². The summed E-state index contributed by atoms with van der Waals surface area (Å²) in [5.74, 6) is 0. The van der Waals surface area contributed by atoms with Crippen LogP contribution in [0.4, 0.5) is 0 Å². The number of hydrogen-bond donors (Lipinski definition) is 0. The van der Waals surface area contributed by atoms with Crippen molar-refractivity contribution in [1.29, 1.82) is 0 Å². The molecule has 0 radical (unpaired) electrons. The van der Waals surface area contributed by atoms with E-state index < -0.39 is 0 Å². The molecule has 2 rings (SSSR count). The lowest BCUT2D eigenvalue weighted by Gasteiger charge is -1.96. The maximum absolute atomic E-state index is 10.5. The summed E-state index contributed by atoms with van der Waals surface area (Å²) in [4.78, 5) is 14.4. The van der Waals surface area contributed by atoms with E-state index in [0.717, 1.165) is 11.8 Å². The van der Waals surface area contributed by atoms with E-state index in [1.807, 2.05) is 0 Å². The van der Waals surface area contributed by atoms with Gasteiger partial charge in [0, 0.05) is 12.4 Å². The highest BCUT2D eigenvalue weighted by Gasteiger charge is 2.02. The van der Waals surface area contributed by atoms with Gasteiger partial charge in [-0.05, 0) is 12.1 Å². The third kappa shape index (κ3) is 0.905. The Bertz CT molecular complexity index is 436. The van der Waals surface area contributed by atoms with Crippen molar-refractivity contribution in [2.24, 2.45) is 0 Å². The molecule has 4 heteroatoms. The van der Waals surface area contributed by atoms with Crippen LogP contribution in [-0.4, -0.2) is 15.7 Å². The minimum Gasteiger partial charge on any atom is -0.310 e. The van der Waals surface area contributed by atoms with Crippen molar-refractivity contribution >= 4 is 23.4 Å². The summed E-state index contributed by atoms with van der Waals surface area (Å²) in [6.07, 6.45) is 4.04. The molecule has 2 aromatic heterocycles. The number of nitrogens with zero attached hydrogens (tertiary/aromatic N) is 2. The lowest BCUT2D eigenvalue weighted by Crippen LogP contribution is -1.90. The quantitative estimate of drug-likeness (QED) is 0.628. The van der Waals surface area contributed by atoms with Crippen molar-refractivity contribution in [3.05, 3.63) is 35.4 Å². The molecule has 0 spiro atoms. The molecular formula is C8H5ClN2O. The predicted molar refractivity (Wildman–Crippen MR) is 45.6 cm³/mol. The van der Waals surface area contributed by atoms with Crippen molar-refractivity contribution < 1.29 is 4.79 Å². The van der Waals surface area contributed by atoms with E-state index in [2.05, 4.69) is 4.98 Å². The zero-order valence-electron chi connectivity index (χ0n) is 6.07. The Kier molecular flexibility index (Phi) is 1.59. The van der Waals surface area contributed by atoms with Crippen LogP contribution in [-0.2, 0) is 0 Å². The Morgan fingerprint density at radius 1 is 1.50 bits per heavy atom. The number of rotatable bonds is 1. The number of hydrogen-bond acceptors (Lipinski definition) is 2. The van der Waals surface area contributed by atoms with Crippen LogP contribution < -0.4 is 0 Å². The summed E-state index contributed by atoms with van der Waals surface area (Å²) in [6, 6.07) is 3.47. The van der Waals surface area contributed by atoms with Gasteiger partial charge >= 0.3 is 0 Å². The molecule has 12 heavy (non-hydrogen) atoms. The minimum atomic E-state index is 0.408. The lowest BCUT2D eigenvalue weighted by molar-refractivity contribution is 0.111. The van der Waals surface area contributed by atoms with Crippen LogP contribution in [0.5, 0.6) is 0 Å². The molecule has 0 amide bonds. The highest BCUT2D eigenvalue weighted by Crippen LogP contribution is 2.15. The standard InChI is InChI=1S/C8H5ClN2O/c9-8-7-2-1-6(5-12)11(7)4-3-10-8/h1-5H. The normalized spacial score (nSPS) is 10.4. The van der Waals surface area contributed by atoms with Gasteiger partial charge in [0.1, 0.15) is 0 Å². The first-order chi connectivity index (χ1) is 5.83. The molecule has 0 atom stereocenters. The summed E-state index contributed by atoms with van der Waals surface area (Å²) in [6.45, 7) is 0. The molecule has 0 aliphatic carbocycles. The Morgan fingerprint density at radius 2 is 2.33 bits per heavy atom. The number of aromatic nitrogens is 2. The third-order valence-electron chi connectivity index (χ3n) is 1.69. The van der Waals surface area contributed by atoms with Crippen molar-refractivity contribution in [2.75, 3.05) is 0 Å². The summed E-state index contributed by atoms with van der Waals surface area (Å²) in [5, 5.41) is 0.408. The van der Waals surface area contributed by atoms with Crippen LogP contribution in [0.1, 0.15) is 10.5 Å². The largest absolute Gasteiger partial charge is 0.310 e. The van der Waals surface area contributed by atoms with Crippen LogP contribution in [0.3, 0.4) is 0 Å². The topological polar surface area (TPSA) is 34.4 Å². The molecule has 0 fully saturated rings. The zero-order valence-corrected chi connectivity index (χ0v) is 6.82. The van der Waals surface area contributed by atoms with E-state index in [9.17, 15) is 4.79 Å². The van der Waals surface area contributed by atoms with Crippen molar-refractivity contribution in [1.82, 2.24) is 9.38 Å². The number of fused-ring (bicyclic) bond motifs is 1. The second kappa shape index (κ2) is 2.60. The predicted octanol–water partition coefficient (Wildman–Crippen LogP) is 1.80. The minimum absolute atomic E-state index is 0.408. The maximum atomic E-state index is 10.5. The fraction of sp³-hybridized carbons (Fsp3) is 0. The zero-order chi connectivity index (χ0) is 8.55. The van der Waals surface area contributed by atoms with Crippen molar-refractivity contribution in [2.45, 2.75) is 0 Å². The number of aldehydes is 1. The van der Waals surface area contributed by atoms with Gasteiger partial charge in [0.15, 0.2) is 11.4 Å². The van der Waals surface area contributed by atoms with Gasteiger partial charge in [-0.1, -0.05) is 11.6 Å². The smallest absolute Gasteiger partial charge is 0.166 e. The first-order valence-electron chi connectivity index (χ1n) is 3.39. The molecule has 2 aromatic rings. The summed E-state index contributed by atoms with van der Waals surface area (Å²) in [7, 11) is 0. The average molecular weight is 181 g/mol. The molecular weight excluding hydrogens is 176 g/mol. The van der Waals surface area contributed by atoms with Crippen LogP contribution in [0.25, 0.3) is 5.52 Å². The summed E-state index contributed by atoms with van der Waals surface area (Å²) in [5.41, 5.74) is 1.33. The molecule has 0 saturated heterocycles. The van der Waals surface area contributed by atoms with Gasteiger partial charge in [-0.15, -0.1) is 0 Å². The molecule has 0 saturated carbocycles. The molecule has 3 nitrogen and oxygen atoms in total. The Hall–Kier alpha value is -1.35. The van der Waals surface area contributed by atoms with E-state index in [0.29, 0.717) is 10.8 Å². The molecule has 2 heterocycles. The highest BCUT2D eigenvalue weighted by atomic mass is 35.5. The van der Waals surface area contributed by atoms with Gasteiger partial charge in [0.2, 0.25) is 0 Å². The molecule has 0 aliphatic heterocycles. The van der Waals surface area contributed by atoms with E-state index in [4.69, 9.17) is 11.6 Å². The molecule has 0 aliphatic rings. The number of carbonyl (C=O) groups is 1. The van der Waals surface area contributed by atoms with Crippen LogP contribution >= 0.6 is 11.6 Å². The van der Waals surface area contributed by atoms with Crippen molar-refractivity contribution in [3.63, 3.8) is 0 Å². The molecule has 0 bridgehead atoms. The summed E-state index contributed by atoms with van der Waals surface area (Å²) < 4.78 is 1.70. The molecule has 0 aromatic carbocycles. The van der Waals surface area contributed by atoms with Crippen LogP contribution in [0, 0.1) is 0 Å². The Labute approximate surface area is 73.6 Å². The number of halogens is 1. The fourth-order valence-electron chi connectivity index (χ4n) is 1.13. The Balaban J connectivity index is 2.88. The SMILES string of the molecule is O=Cc1ccc2c(Cl)nccn12.